The molecule has 1 aliphatic carbocycles. The van der Waals surface area contributed by atoms with E-state index in [1.807, 2.05) is 19.2 Å². The number of urea groups is 1. The number of pyridine rings is 1. The molecular formula is C24H20F3N5O. The lowest BCUT2D eigenvalue weighted by Crippen LogP contribution is -2.19. The van der Waals surface area contributed by atoms with Crippen LogP contribution in [0, 0.1) is 0 Å². The molecule has 2 aromatic heterocycles. The summed E-state index contributed by atoms with van der Waals surface area (Å²) in [5, 5.41) is 10.4. The van der Waals surface area contributed by atoms with Gasteiger partial charge in [0.15, 0.2) is 5.65 Å². The van der Waals surface area contributed by atoms with Crippen molar-refractivity contribution in [2.24, 2.45) is 7.05 Å². The maximum atomic E-state index is 12.9. The molecule has 5 rings (SSSR count). The van der Waals surface area contributed by atoms with Gasteiger partial charge in [-0.1, -0.05) is 18.2 Å². The monoisotopic (exact) mass is 451 g/mol. The number of anilines is 2. The smallest absolute Gasteiger partial charge is 0.308 e. The number of nitrogens with one attached hydrogen (secondary N) is 2. The summed E-state index contributed by atoms with van der Waals surface area (Å²) in [5.41, 5.74) is 3.62. The van der Waals surface area contributed by atoms with Crippen LogP contribution in [0.3, 0.4) is 0 Å². The van der Waals surface area contributed by atoms with Gasteiger partial charge in [0.1, 0.15) is 0 Å². The molecule has 0 aliphatic heterocycles. The lowest BCUT2D eigenvalue weighted by molar-refractivity contribution is -0.137. The van der Waals surface area contributed by atoms with Crippen LogP contribution in [0.25, 0.3) is 22.2 Å². The minimum absolute atomic E-state index is 0.0577. The van der Waals surface area contributed by atoms with Gasteiger partial charge in [0.2, 0.25) is 0 Å². The molecular weight excluding hydrogens is 431 g/mol. The number of hydrogen-bond donors (Lipinski definition) is 2. The molecule has 0 spiro atoms. The standard InChI is InChI=1S/C24H20F3N5O/c1-32-22-20(13-28-32)19(12-21(31-22)15-5-6-15)14-7-9-17(10-8-14)29-23(33)30-18-4-2-3-16(11-18)24(25,26)27/h2-4,7-13,15H,5-6H2,1H3,(H2,29,30,33). The molecule has 2 amide bonds. The van der Waals surface area contributed by atoms with E-state index in [0.29, 0.717) is 11.6 Å². The third kappa shape index (κ3) is 4.39. The Morgan fingerprint density at radius 1 is 1.03 bits per heavy atom. The Hall–Kier alpha value is -3.88. The molecule has 2 heterocycles. The van der Waals surface area contributed by atoms with Gasteiger partial charge in [-0.2, -0.15) is 18.3 Å². The van der Waals surface area contributed by atoms with Crippen LogP contribution in [0.15, 0.2) is 60.8 Å². The van der Waals surface area contributed by atoms with Crippen LogP contribution in [-0.2, 0) is 13.2 Å². The van der Waals surface area contributed by atoms with E-state index in [0.717, 1.165) is 52.8 Å². The number of hydrogen-bond acceptors (Lipinski definition) is 3. The highest BCUT2D eigenvalue weighted by Gasteiger charge is 2.30. The third-order valence-corrected chi connectivity index (χ3v) is 5.62. The third-order valence-electron chi connectivity index (χ3n) is 5.62. The minimum Gasteiger partial charge on any atom is -0.308 e. The van der Waals surface area contributed by atoms with Crippen LogP contribution >= 0.6 is 0 Å². The highest BCUT2D eigenvalue weighted by atomic mass is 19.4. The quantitative estimate of drug-likeness (QED) is 0.389. The van der Waals surface area contributed by atoms with Gasteiger partial charge in [-0.05, 0) is 60.4 Å². The number of amides is 2. The number of halogens is 3. The molecule has 2 N–H and O–H groups in total. The summed E-state index contributed by atoms with van der Waals surface area (Å²) in [5.74, 6) is 0.489. The average Bonchev–Trinajstić information content (AvgIpc) is 3.57. The van der Waals surface area contributed by atoms with Crippen LogP contribution in [0.4, 0.5) is 29.3 Å². The molecule has 6 nitrogen and oxygen atoms in total. The van der Waals surface area contributed by atoms with E-state index in [1.54, 1.807) is 23.0 Å². The zero-order valence-electron chi connectivity index (χ0n) is 17.6. The van der Waals surface area contributed by atoms with E-state index < -0.39 is 17.8 Å². The van der Waals surface area contributed by atoms with Crippen molar-refractivity contribution in [1.82, 2.24) is 14.8 Å². The first-order valence-electron chi connectivity index (χ1n) is 10.5. The second kappa shape index (κ2) is 7.91. The summed E-state index contributed by atoms with van der Waals surface area (Å²) >= 11 is 0. The zero-order valence-corrected chi connectivity index (χ0v) is 17.6. The zero-order chi connectivity index (χ0) is 23.2. The summed E-state index contributed by atoms with van der Waals surface area (Å²) in [6.07, 6.45) is -0.404. The first-order chi connectivity index (χ1) is 15.8. The summed E-state index contributed by atoms with van der Waals surface area (Å²) in [6.45, 7) is 0. The Bertz CT molecular complexity index is 1340. The van der Waals surface area contributed by atoms with Crippen molar-refractivity contribution >= 4 is 28.4 Å². The number of carbonyl (C=O) groups excluding carboxylic acids is 1. The van der Waals surface area contributed by atoms with Gasteiger partial charge in [-0.15, -0.1) is 0 Å². The molecule has 1 saturated carbocycles. The van der Waals surface area contributed by atoms with E-state index in [4.69, 9.17) is 4.98 Å². The lowest BCUT2D eigenvalue weighted by atomic mass is 10.0. The topological polar surface area (TPSA) is 71.8 Å². The van der Waals surface area contributed by atoms with Crippen molar-refractivity contribution in [3.8, 4) is 11.1 Å². The molecule has 0 unspecified atom stereocenters. The maximum Gasteiger partial charge on any atom is 0.416 e. The van der Waals surface area contributed by atoms with Crippen LogP contribution in [0.2, 0.25) is 0 Å². The first kappa shape index (κ1) is 21.0. The van der Waals surface area contributed by atoms with E-state index in [-0.39, 0.29) is 5.69 Å². The van der Waals surface area contributed by atoms with Gasteiger partial charge in [0.25, 0.3) is 0 Å². The van der Waals surface area contributed by atoms with E-state index in [2.05, 4.69) is 21.8 Å². The molecule has 0 radical (unpaired) electrons. The van der Waals surface area contributed by atoms with Crippen LogP contribution < -0.4 is 10.6 Å². The summed E-state index contributed by atoms with van der Waals surface area (Å²) in [7, 11) is 1.87. The average molecular weight is 451 g/mol. The number of carbonyl (C=O) groups is 1. The number of rotatable bonds is 4. The van der Waals surface area contributed by atoms with E-state index >= 15 is 0 Å². The van der Waals surface area contributed by atoms with Crippen molar-refractivity contribution in [2.75, 3.05) is 10.6 Å². The van der Waals surface area contributed by atoms with Gasteiger partial charge in [0, 0.05) is 35.4 Å². The second-order valence-electron chi connectivity index (χ2n) is 8.11. The van der Waals surface area contributed by atoms with Crippen LogP contribution in [0.1, 0.15) is 30.0 Å². The number of fused-ring (bicyclic) bond motifs is 1. The molecule has 1 aliphatic rings. The molecule has 168 valence electrons. The van der Waals surface area contributed by atoms with Crippen molar-refractivity contribution < 1.29 is 18.0 Å². The van der Waals surface area contributed by atoms with Gasteiger partial charge in [-0.3, -0.25) is 4.68 Å². The van der Waals surface area contributed by atoms with Crippen molar-refractivity contribution in [3.63, 3.8) is 0 Å². The fourth-order valence-electron chi connectivity index (χ4n) is 3.76. The molecule has 1 fully saturated rings. The highest BCUT2D eigenvalue weighted by molar-refractivity contribution is 6.00. The number of benzene rings is 2. The minimum atomic E-state index is -4.48. The van der Waals surface area contributed by atoms with Crippen molar-refractivity contribution in [3.05, 3.63) is 72.1 Å². The van der Waals surface area contributed by atoms with Crippen molar-refractivity contribution in [1.29, 1.82) is 0 Å². The van der Waals surface area contributed by atoms with E-state index in [9.17, 15) is 18.0 Å². The number of alkyl halides is 3. The fourth-order valence-corrected chi connectivity index (χ4v) is 3.76. The molecule has 0 saturated heterocycles. The number of nitrogens with zero attached hydrogens (tertiary/aromatic N) is 3. The predicted molar refractivity (Wildman–Crippen MR) is 120 cm³/mol. The summed E-state index contributed by atoms with van der Waals surface area (Å²) < 4.78 is 40.4. The SMILES string of the molecule is Cn1ncc2c(-c3ccc(NC(=O)Nc4cccc(C(F)(F)F)c4)cc3)cc(C3CC3)nc21. The Labute approximate surface area is 187 Å². The van der Waals surface area contributed by atoms with Crippen LogP contribution in [-0.4, -0.2) is 20.8 Å². The molecule has 4 aromatic rings. The second-order valence-corrected chi connectivity index (χ2v) is 8.11. The molecule has 2 aromatic carbocycles. The Kier molecular flexibility index (Phi) is 5.03. The Morgan fingerprint density at radius 3 is 2.45 bits per heavy atom. The van der Waals surface area contributed by atoms with Crippen LogP contribution in [0.5, 0.6) is 0 Å². The molecule has 33 heavy (non-hydrogen) atoms. The Morgan fingerprint density at radius 2 is 1.76 bits per heavy atom. The Balaban J connectivity index is 1.34. The normalized spacial score (nSPS) is 13.8. The van der Waals surface area contributed by atoms with Gasteiger partial charge in [0.05, 0.1) is 11.8 Å². The first-order valence-corrected chi connectivity index (χ1v) is 10.5. The lowest BCUT2D eigenvalue weighted by Gasteiger charge is -2.11. The fraction of sp³-hybridized carbons (Fsp3) is 0.208. The summed E-state index contributed by atoms with van der Waals surface area (Å²) in [6, 6.07) is 13.2. The molecule has 9 heteroatoms. The van der Waals surface area contributed by atoms with Gasteiger partial charge >= 0.3 is 12.2 Å². The number of aromatic nitrogens is 3. The van der Waals surface area contributed by atoms with Crippen molar-refractivity contribution in [2.45, 2.75) is 24.9 Å². The van der Waals surface area contributed by atoms with Gasteiger partial charge < -0.3 is 10.6 Å². The highest BCUT2D eigenvalue weighted by Crippen LogP contribution is 2.41. The number of aryl methyl sites for hydroxylation is 1. The predicted octanol–water partition coefficient (Wildman–Crippen LogP) is 6.18. The van der Waals surface area contributed by atoms with Gasteiger partial charge in [-0.25, -0.2) is 9.78 Å². The molecule has 0 atom stereocenters. The largest absolute Gasteiger partial charge is 0.416 e. The molecule has 0 bridgehead atoms. The summed E-state index contributed by atoms with van der Waals surface area (Å²) in [4.78, 5) is 17.0. The van der Waals surface area contributed by atoms with E-state index in [1.165, 1.54) is 12.1 Å². The maximum absolute atomic E-state index is 12.9.